The van der Waals surface area contributed by atoms with E-state index in [1.807, 2.05) is 12.3 Å². The van der Waals surface area contributed by atoms with E-state index in [-0.39, 0.29) is 5.82 Å². The molecule has 0 unspecified atom stereocenters. The molecule has 0 bridgehead atoms. The minimum atomic E-state index is -0.115. The molecule has 0 amide bonds. The van der Waals surface area contributed by atoms with Crippen LogP contribution in [-0.2, 0) is 6.54 Å². The van der Waals surface area contributed by atoms with E-state index in [4.69, 9.17) is 0 Å². The molecule has 0 aromatic carbocycles. The summed E-state index contributed by atoms with van der Waals surface area (Å²) in [6.07, 6.45) is 11.6. The number of piperidine rings is 1. The summed E-state index contributed by atoms with van der Waals surface area (Å²) in [7, 11) is 0. The van der Waals surface area contributed by atoms with Gasteiger partial charge in [-0.15, -0.1) is 11.3 Å². The molecule has 1 fully saturated rings. The van der Waals surface area contributed by atoms with Crippen LogP contribution >= 0.6 is 11.3 Å². The molecular formula is C16H18FN3S. The first-order valence-corrected chi connectivity index (χ1v) is 8.07. The summed E-state index contributed by atoms with van der Waals surface area (Å²) in [5.41, 5.74) is 1.02. The average molecular weight is 303 g/mol. The Balaban J connectivity index is 1.49. The summed E-state index contributed by atoms with van der Waals surface area (Å²) in [5.74, 6) is 0.431. The lowest BCUT2D eigenvalue weighted by atomic mass is 9.96. The van der Waals surface area contributed by atoms with Crippen molar-refractivity contribution in [3.05, 3.63) is 52.5 Å². The Hall–Kier alpha value is -1.59. The van der Waals surface area contributed by atoms with Gasteiger partial charge in [0.1, 0.15) is 5.82 Å². The predicted molar refractivity (Wildman–Crippen MR) is 83.3 cm³/mol. The second kappa shape index (κ2) is 6.91. The summed E-state index contributed by atoms with van der Waals surface area (Å²) in [4.78, 5) is 11.5. The Morgan fingerprint density at radius 2 is 2.19 bits per heavy atom. The Morgan fingerprint density at radius 1 is 1.33 bits per heavy atom. The van der Waals surface area contributed by atoms with Crippen LogP contribution in [0.25, 0.3) is 6.08 Å². The van der Waals surface area contributed by atoms with Gasteiger partial charge in [0.25, 0.3) is 0 Å². The van der Waals surface area contributed by atoms with Crippen LogP contribution in [-0.4, -0.2) is 28.0 Å². The van der Waals surface area contributed by atoms with E-state index >= 15 is 0 Å². The molecule has 0 spiro atoms. The summed E-state index contributed by atoms with van der Waals surface area (Å²) >= 11 is 1.45. The van der Waals surface area contributed by atoms with E-state index in [1.54, 1.807) is 17.8 Å². The monoisotopic (exact) mass is 303 g/mol. The topological polar surface area (TPSA) is 29.0 Å². The minimum absolute atomic E-state index is 0.115. The van der Waals surface area contributed by atoms with E-state index in [0.29, 0.717) is 5.92 Å². The fourth-order valence-electron chi connectivity index (χ4n) is 2.59. The summed E-state index contributed by atoms with van der Waals surface area (Å²) in [5, 5.41) is 1.79. The van der Waals surface area contributed by atoms with Gasteiger partial charge in [0.2, 0.25) is 0 Å². The van der Waals surface area contributed by atoms with Crippen molar-refractivity contribution in [2.24, 2.45) is 5.92 Å². The number of allylic oxidation sites excluding steroid dienone is 1. The first-order chi connectivity index (χ1) is 10.3. The van der Waals surface area contributed by atoms with Crippen LogP contribution < -0.4 is 0 Å². The molecule has 0 radical (unpaired) electrons. The maximum atomic E-state index is 13.3. The number of halogens is 1. The van der Waals surface area contributed by atoms with Crippen molar-refractivity contribution in [1.29, 1.82) is 0 Å². The zero-order chi connectivity index (χ0) is 14.5. The van der Waals surface area contributed by atoms with Gasteiger partial charge in [-0.3, -0.25) is 14.9 Å². The molecular weight excluding hydrogens is 285 g/mol. The van der Waals surface area contributed by atoms with Gasteiger partial charge in [-0.25, -0.2) is 4.39 Å². The van der Waals surface area contributed by atoms with Crippen molar-refractivity contribution < 1.29 is 4.39 Å². The highest BCUT2D eigenvalue weighted by molar-refractivity contribution is 7.10. The summed E-state index contributed by atoms with van der Waals surface area (Å²) in [6, 6.07) is 1.52. The van der Waals surface area contributed by atoms with E-state index in [9.17, 15) is 4.39 Å². The summed E-state index contributed by atoms with van der Waals surface area (Å²) < 4.78 is 13.3. The van der Waals surface area contributed by atoms with E-state index in [2.05, 4.69) is 20.9 Å². The van der Waals surface area contributed by atoms with Crippen molar-refractivity contribution in [3.8, 4) is 0 Å². The third-order valence-corrected chi connectivity index (χ3v) is 4.66. The van der Waals surface area contributed by atoms with Gasteiger partial charge in [0.05, 0.1) is 10.6 Å². The molecule has 1 aliphatic rings. The molecule has 0 atom stereocenters. The van der Waals surface area contributed by atoms with Crippen LogP contribution in [0.4, 0.5) is 4.39 Å². The lowest BCUT2D eigenvalue weighted by Gasteiger charge is -2.30. The number of thiophene rings is 1. The molecule has 3 nitrogen and oxygen atoms in total. The maximum Gasteiger partial charge on any atom is 0.141 e. The van der Waals surface area contributed by atoms with Gasteiger partial charge in [0.15, 0.2) is 0 Å². The quantitative estimate of drug-likeness (QED) is 0.864. The molecule has 3 heterocycles. The summed E-state index contributed by atoms with van der Waals surface area (Å²) in [6.45, 7) is 2.97. The molecule has 2 aromatic heterocycles. The number of aromatic nitrogens is 2. The number of nitrogens with zero attached hydrogens (tertiary/aromatic N) is 3. The van der Waals surface area contributed by atoms with Gasteiger partial charge in [0, 0.05) is 25.1 Å². The van der Waals surface area contributed by atoms with Crippen LogP contribution in [0.2, 0.25) is 0 Å². The molecule has 1 saturated heterocycles. The second-order valence-corrected chi connectivity index (χ2v) is 6.25. The molecule has 21 heavy (non-hydrogen) atoms. The molecule has 0 N–H and O–H groups in total. The lowest BCUT2D eigenvalue weighted by Crippen LogP contribution is -2.32. The highest BCUT2D eigenvalue weighted by Crippen LogP contribution is 2.23. The van der Waals surface area contributed by atoms with E-state index < -0.39 is 0 Å². The molecule has 2 aromatic rings. The third kappa shape index (κ3) is 3.95. The Bertz CT molecular complexity index is 589. The first-order valence-electron chi connectivity index (χ1n) is 7.20. The van der Waals surface area contributed by atoms with Gasteiger partial charge in [-0.1, -0.05) is 6.08 Å². The molecule has 1 aliphatic heterocycles. The number of likely N-dealkylation sites (tertiary alicyclic amines) is 1. The van der Waals surface area contributed by atoms with Crippen LogP contribution in [0.3, 0.4) is 0 Å². The largest absolute Gasteiger partial charge is 0.297 e. The number of hydrogen-bond acceptors (Lipinski definition) is 4. The second-order valence-electron chi connectivity index (χ2n) is 5.30. The van der Waals surface area contributed by atoms with Crippen LogP contribution in [0.1, 0.15) is 23.4 Å². The SMILES string of the molecule is Fc1ccsc1C=CC1CCN(Cc2cnccn2)CC1. The standard InChI is InChI=1S/C16H18FN3S/c17-15-5-10-21-16(15)2-1-13-3-8-20(9-4-13)12-14-11-18-6-7-19-14/h1-2,5-7,10-11,13H,3-4,8-9,12H2. The lowest BCUT2D eigenvalue weighted by molar-refractivity contribution is 0.194. The van der Waals surface area contributed by atoms with Crippen molar-refractivity contribution in [1.82, 2.24) is 14.9 Å². The predicted octanol–water partition coefficient (Wildman–Crippen LogP) is 3.60. The Kier molecular flexibility index (Phi) is 4.72. The average Bonchev–Trinajstić information content (AvgIpc) is 2.93. The van der Waals surface area contributed by atoms with Crippen LogP contribution in [0, 0.1) is 11.7 Å². The third-order valence-electron chi connectivity index (χ3n) is 3.80. The highest BCUT2D eigenvalue weighted by atomic mass is 32.1. The zero-order valence-corrected chi connectivity index (χ0v) is 12.6. The Morgan fingerprint density at radius 3 is 2.86 bits per heavy atom. The normalized spacial score (nSPS) is 17.6. The fraction of sp³-hybridized carbons (Fsp3) is 0.375. The first kappa shape index (κ1) is 14.4. The molecule has 110 valence electrons. The van der Waals surface area contributed by atoms with Gasteiger partial charge < -0.3 is 0 Å². The zero-order valence-electron chi connectivity index (χ0n) is 11.8. The smallest absolute Gasteiger partial charge is 0.141 e. The number of rotatable bonds is 4. The fourth-order valence-corrected chi connectivity index (χ4v) is 3.26. The van der Waals surface area contributed by atoms with E-state index in [1.165, 1.54) is 17.4 Å². The van der Waals surface area contributed by atoms with Crippen molar-refractivity contribution in [2.45, 2.75) is 19.4 Å². The van der Waals surface area contributed by atoms with Crippen LogP contribution in [0.15, 0.2) is 36.1 Å². The molecule has 5 heteroatoms. The van der Waals surface area contributed by atoms with Crippen LogP contribution in [0.5, 0.6) is 0 Å². The van der Waals surface area contributed by atoms with Gasteiger partial charge in [-0.2, -0.15) is 0 Å². The van der Waals surface area contributed by atoms with Crippen molar-refractivity contribution in [2.75, 3.05) is 13.1 Å². The van der Waals surface area contributed by atoms with Crippen molar-refractivity contribution >= 4 is 17.4 Å². The maximum absolute atomic E-state index is 13.3. The number of hydrogen-bond donors (Lipinski definition) is 0. The van der Waals surface area contributed by atoms with Gasteiger partial charge >= 0.3 is 0 Å². The Labute approximate surface area is 128 Å². The minimum Gasteiger partial charge on any atom is -0.297 e. The van der Waals surface area contributed by atoms with E-state index in [0.717, 1.165) is 43.0 Å². The highest BCUT2D eigenvalue weighted by Gasteiger charge is 2.17. The van der Waals surface area contributed by atoms with Gasteiger partial charge in [-0.05, 0) is 49.4 Å². The molecule has 0 saturated carbocycles. The molecule has 3 rings (SSSR count). The van der Waals surface area contributed by atoms with Crippen molar-refractivity contribution in [3.63, 3.8) is 0 Å². The molecule has 0 aliphatic carbocycles.